The molecule has 0 bridgehead atoms. The van der Waals surface area contributed by atoms with E-state index >= 15 is 0 Å². The van der Waals surface area contributed by atoms with Crippen LogP contribution in [0.3, 0.4) is 0 Å². The van der Waals surface area contributed by atoms with Crippen molar-refractivity contribution in [1.82, 2.24) is 9.88 Å². The van der Waals surface area contributed by atoms with Gasteiger partial charge in [-0.3, -0.25) is 4.79 Å². The van der Waals surface area contributed by atoms with Crippen molar-refractivity contribution in [1.29, 1.82) is 0 Å². The number of amides is 1. The topological polar surface area (TPSA) is 42.4 Å². The predicted molar refractivity (Wildman–Crippen MR) is 97.7 cm³/mol. The number of thiophene rings is 1. The Morgan fingerprint density at radius 1 is 1.33 bits per heavy atom. The second-order valence-corrected chi connectivity index (χ2v) is 7.88. The number of morpholine rings is 1. The Bertz CT molecular complexity index is 871. The average Bonchev–Trinajstić information content (AvgIpc) is 3.22. The Kier molecular flexibility index (Phi) is 4.35. The lowest BCUT2D eigenvalue weighted by Gasteiger charge is -2.34. The molecule has 3 heterocycles. The third-order valence-corrected chi connectivity index (χ3v) is 6.13. The van der Waals surface area contributed by atoms with Crippen molar-refractivity contribution in [2.45, 2.75) is 19.4 Å². The first-order valence-electron chi connectivity index (χ1n) is 7.97. The van der Waals surface area contributed by atoms with Crippen LogP contribution in [0.1, 0.15) is 22.3 Å². The van der Waals surface area contributed by atoms with E-state index in [9.17, 15) is 4.79 Å². The van der Waals surface area contributed by atoms with E-state index in [-0.39, 0.29) is 11.9 Å². The van der Waals surface area contributed by atoms with Crippen LogP contribution < -0.4 is 0 Å². The molecule has 4 nitrogen and oxygen atoms in total. The summed E-state index contributed by atoms with van der Waals surface area (Å²) in [6.45, 7) is 3.73. The number of benzene rings is 1. The van der Waals surface area contributed by atoms with Crippen molar-refractivity contribution >= 4 is 38.7 Å². The Morgan fingerprint density at radius 2 is 2.21 bits per heavy atom. The SMILES string of the molecule is Cc1nc([C@H]2COCCN2C(=O)Cc2csc3ccccc23)cs1. The molecule has 1 atom stereocenters. The fourth-order valence-corrected chi connectivity index (χ4v) is 4.74. The molecule has 4 rings (SSSR count). The van der Waals surface area contributed by atoms with Crippen molar-refractivity contribution in [2.24, 2.45) is 0 Å². The van der Waals surface area contributed by atoms with Gasteiger partial charge in [-0.15, -0.1) is 22.7 Å². The highest BCUT2D eigenvalue weighted by Crippen LogP contribution is 2.29. The Balaban J connectivity index is 1.57. The monoisotopic (exact) mass is 358 g/mol. The summed E-state index contributed by atoms with van der Waals surface area (Å²) in [4.78, 5) is 19.4. The molecule has 1 saturated heterocycles. The van der Waals surface area contributed by atoms with E-state index in [0.29, 0.717) is 26.2 Å². The van der Waals surface area contributed by atoms with Gasteiger partial charge in [0.1, 0.15) is 0 Å². The average molecular weight is 358 g/mol. The maximum Gasteiger partial charge on any atom is 0.227 e. The fraction of sp³-hybridized carbons (Fsp3) is 0.333. The van der Waals surface area contributed by atoms with Crippen molar-refractivity contribution in [3.05, 3.63) is 51.3 Å². The number of fused-ring (bicyclic) bond motifs is 1. The summed E-state index contributed by atoms with van der Waals surface area (Å²) in [6.07, 6.45) is 0.434. The minimum absolute atomic E-state index is 0.0684. The minimum Gasteiger partial charge on any atom is -0.377 e. The van der Waals surface area contributed by atoms with Gasteiger partial charge in [0.2, 0.25) is 5.91 Å². The molecular formula is C18H18N2O2S2. The summed E-state index contributed by atoms with van der Waals surface area (Å²) in [7, 11) is 0. The number of carbonyl (C=O) groups is 1. The molecule has 0 radical (unpaired) electrons. The standard InChI is InChI=1S/C18H18N2O2S2/c1-12-19-15(11-23-12)16-9-22-7-6-20(16)18(21)8-13-10-24-17-5-3-2-4-14(13)17/h2-5,10-11,16H,6-9H2,1H3/t16-/m1/s1. The lowest BCUT2D eigenvalue weighted by atomic mass is 10.1. The number of aromatic nitrogens is 1. The number of hydrogen-bond acceptors (Lipinski definition) is 5. The van der Waals surface area contributed by atoms with E-state index in [1.807, 2.05) is 29.3 Å². The summed E-state index contributed by atoms with van der Waals surface area (Å²) in [5.41, 5.74) is 2.06. The molecule has 0 unspecified atom stereocenters. The zero-order chi connectivity index (χ0) is 16.5. The van der Waals surface area contributed by atoms with Crippen molar-refractivity contribution < 1.29 is 9.53 Å². The first kappa shape index (κ1) is 15.7. The molecule has 124 valence electrons. The lowest BCUT2D eigenvalue weighted by Crippen LogP contribution is -2.44. The summed E-state index contributed by atoms with van der Waals surface area (Å²) < 4.78 is 6.83. The first-order valence-corrected chi connectivity index (χ1v) is 9.72. The fourth-order valence-electron chi connectivity index (χ4n) is 3.11. The second kappa shape index (κ2) is 6.63. The quantitative estimate of drug-likeness (QED) is 0.715. The molecule has 6 heteroatoms. The molecule has 0 N–H and O–H groups in total. The van der Waals surface area contributed by atoms with E-state index < -0.39 is 0 Å². The van der Waals surface area contributed by atoms with Gasteiger partial charge in [0.05, 0.1) is 36.4 Å². The highest BCUT2D eigenvalue weighted by molar-refractivity contribution is 7.17. The van der Waals surface area contributed by atoms with E-state index in [0.717, 1.165) is 16.3 Å². The number of hydrogen-bond donors (Lipinski definition) is 0. The van der Waals surface area contributed by atoms with Crippen molar-refractivity contribution in [2.75, 3.05) is 19.8 Å². The summed E-state index contributed by atoms with van der Waals surface area (Å²) in [6, 6.07) is 8.19. The van der Waals surface area contributed by atoms with Gasteiger partial charge >= 0.3 is 0 Å². The maximum absolute atomic E-state index is 13.0. The first-order chi connectivity index (χ1) is 11.7. The largest absolute Gasteiger partial charge is 0.377 e. The smallest absolute Gasteiger partial charge is 0.227 e. The predicted octanol–water partition coefficient (Wildman–Crippen LogP) is 3.81. The van der Waals surface area contributed by atoms with Crippen LogP contribution in [0.4, 0.5) is 0 Å². The lowest BCUT2D eigenvalue weighted by molar-refractivity contribution is -0.139. The van der Waals surface area contributed by atoms with E-state index in [1.165, 1.54) is 10.1 Å². The van der Waals surface area contributed by atoms with Gasteiger partial charge in [-0.2, -0.15) is 0 Å². The summed E-state index contributed by atoms with van der Waals surface area (Å²) >= 11 is 3.31. The van der Waals surface area contributed by atoms with Gasteiger partial charge in [-0.25, -0.2) is 4.98 Å². The van der Waals surface area contributed by atoms with Gasteiger partial charge < -0.3 is 9.64 Å². The number of carbonyl (C=O) groups excluding carboxylic acids is 1. The molecular weight excluding hydrogens is 340 g/mol. The zero-order valence-corrected chi connectivity index (χ0v) is 15.0. The van der Waals surface area contributed by atoms with E-state index in [2.05, 4.69) is 22.5 Å². The van der Waals surface area contributed by atoms with Gasteiger partial charge in [-0.05, 0) is 29.3 Å². The van der Waals surface area contributed by atoms with Crippen LogP contribution in [-0.4, -0.2) is 35.5 Å². The highest BCUT2D eigenvalue weighted by atomic mass is 32.1. The molecule has 0 saturated carbocycles. The van der Waals surface area contributed by atoms with Gasteiger partial charge in [0.15, 0.2) is 0 Å². The van der Waals surface area contributed by atoms with Crippen molar-refractivity contribution in [3.63, 3.8) is 0 Å². The van der Waals surface area contributed by atoms with Crippen LogP contribution in [0.15, 0.2) is 35.0 Å². The molecule has 1 amide bonds. The van der Waals surface area contributed by atoms with Crippen molar-refractivity contribution in [3.8, 4) is 0 Å². The van der Waals surface area contributed by atoms with Gasteiger partial charge in [0, 0.05) is 16.6 Å². The minimum atomic E-state index is -0.0684. The molecule has 1 aliphatic rings. The van der Waals surface area contributed by atoms with Gasteiger partial charge in [0.25, 0.3) is 0 Å². The Morgan fingerprint density at radius 3 is 3.04 bits per heavy atom. The van der Waals surface area contributed by atoms with Crippen LogP contribution in [-0.2, 0) is 16.0 Å². The van der Waals surface area contributed by atoms with Crippen LogP contribution in [0, 0.1) is 6.92 Å². The molecule has 1 fully saturated rings. The Hall–Kier alpha value is -1.76. The molecule has 3 aromatic rings. The molecule has 1 aliphatic heterocycles. The molecule has 0 spiro atoms. The number of aryl methyl sites for hydroxylation is 1. The van der Waals surface area contributed by atoms with E-state index in [1.54, 1.807) is 22.7 Å². The summed E-state index contributed by atoms with van der Waals surface area (Å²) in [5, 5.41) is 6.34. The number of thiazole rings is 1. The zero-order valence-electron chi connectivity index (χ0n) is 13.4. The number of nitrogens with zero attached hydrogens (tertiary/aromatic N) is 2. The normalized spacial score (nSPS) is 18.2. The second-order valence-electron chi connectivity index (χ2n) is 5.90. The third kappa shape index (κ3) is 2.97. The van der Waals surface area contributed by atoms with Gasteiger partial charge in [-0.1, -0.05) is 18.2 Å². The number of ether oxygens (including phenoxy) is 1. The molecule has 0 aliphatic carbocycles. The molecule has 2 aromatic heterocycles. The summed E-state index contributed by atoms with van der Waals surface area (Å²) in [5.74, 6) is 0.150. The maximum atomic E-state index is 13.0. The highest BCUT2D eigenvalue weighted by Gasteiger charge is 2.30. The van der Waals surface area contributed by atoms with Crippen LogP contribution in [0.2, 0.25) is 0 Å². The van der Waals surface area contributed by atoms with Crippen LogP contribution >= 0.6 is 22.7 Å². The molecule has 1 aromatic carbocycles. The number of rotatable bonds is 3. The van der Waals surface area contributed by atoms with E-state index in [4.69, 9.17) is 4.74 Å². The third-order valence-electron chi connectivity index (χ3n) is 4.33. The Labute approximate surface area is 148 Å². The molecule has 24 heavy (non-hydrogen) atoms. The van der Waals surface area contributed by atoms with Crippen LogP contribution in [0.5, 0.6) is 0 Å². The van der Waals surface area contributed by atoms with Crippen LogP contribution in [0.25, 0.3) is 10.1 Å².